The molecule has 0 aliphatic carbocycles. The van der Waals surface area contributed by atoms with Gasteiger partial charge in [-0.25, -0.2) is 4.39 Å². The average Bonchev–Trinajstić information content (AvgIpc) is 2.71. The Labute approximate surface area is 170 Å². The minimum Gasteiger partial charge on any atom is -0.297 e. The summed E-state index contributed by atoms with van der Waals surface area (Å²) in [6.07, 6.45) is 2.60. The molecule has 2 unspecified atom stereocenters. The molecule has 3 heteroatoms. The molecule has 0 bridgehead atoms. The predicted molar refractivity (Wildman–Crippen MR) is 114 cm³/mol. The Morgan fingerprint density at radius 2 is 1.64 bits per heavy atom. The van der Waals surface area contributed by atoms with E-state index in [-0.39, 0.29) is 11.7 Å². The summed E-state index contributed by atoms with van der Waals surface area (Å²) in [7, 11) is 0. The van der Waals surface area contributed by atoms with Crippen molar-refractivity contribution in [2.24, 2.45) is 5.92 Å². The Hall–Kier alpha value is -2.18. The predicted octanol–water partition coefficient (Wildman–Crippen LogP) is 6.50. The Morgan fingerprint density at radius 3 is 2.21 bits per heavy atom. The van der Waals surface area contributed by atoms with Gasteiger partial charge in [0, 0.05) is 11.6 Å². The van der Waals surface area contributed by atoms with Gasteiger partial charge in [0.1, 0.15) is 5.82 Å². The quantitative estimate of drug-likeness (QED) is 0.470. The molecule has 0 aliphatic rings. The highest BCUT2D eigenvalue weighted by molar-refractivity contribution is 5.34. The molecule has 2 aromatic rings. The smallest absolute Gasteiger partial charge is 0.128 e. The van der Waals surface area contributed by atoms with E-state index < -0.39 is 5.41 Å². The van der Waals surface area contributed by atoms with Crippen LogP contribution < -0.4 is 0 Å². The van der Waals surface area contributed by atoms with Crippen molar-refractivity contribution in [2.75, 3.05) is 13.1 Å². The summed E-state index contributed by atoms with van der Waals surface area (Å²) in [4.78, 5) is 2.47. The minimum atomic E-state index is -0.792. The standard InChI is InChI=1S/C25H33FN2/c1-5-17-28(21(4)22-12-7-6-8-13-22)18-11-16-25(19-27,20(2)3)23-14-9-10-15-24(23)26/h6-10,12-15,20-21H,5,11,16-18H2,1-4H3. The topological polar surface area (TPSA) is 27.0 Å². The lowest BCUT2D eigenvalue weighted by Crippen LogP contribution is -2.34. The first kappa shape index (κ1) is 22.1. The summed E-state index contributed by atoms with van der Waals surface area (Å²) in [5, 5.41) is 10.1. The maximum absolute atomic E-state index is 14.5. The molecule has 0 N–H and O–H groups in total. The van der Waals surface area contributed by atoms with Gasteiger partial charge in [-0.15, -0.1) is 0 Å². The number of benzene rings is 2. The van der Waals surface area contributed by atoms with E-state index in [1.165, 1.54) is 11.6 Å². The molecule has 28 heavy (non-hydrogen) atoms. The molecule has 2 rings (SSSR count). The zero-order valence-corrected chi connectivity index (χ0v) is 17.7. The van der Waals surface area contributed by atoms with E-state index in [2.05, 4.69) is 49.1 Å². The molecule has 2 aromatic carbocycles. The van der Waals surface area contributed by atoms with Crippen molar-refractivity contribution in [1.82, 2.24) is 4.90 Å². The number of nitrogens with zero attached hydrogens (tertiary/aromatic N) is 2. The molecule has 0 saturated carbocycles. The second-order valence-corrected chi connectivity index (χ2v) is 7.94. The fraction of sp³-hybridized carbons (Fsp3) is 0.480. The van der Waals surface area contributed by atoms with Crippen LogP contribution in [0, 0.1) is 23.1 Å². The molecule has 0 aliphatic heterocycles. The van der Waals surface area contributed by atoms with E-state index >= 15 is 0 Å². The van der Waals surface area contributed by atoms with Crippen LogP contribution in [0.25, 0.3) is 0 Å². The SMILES string of the molecule is CCCN(CCCC(C#N)(c1ccccc1F)C(C)C)C(C)c1ccccc1. The number of nitriles is 1. The first-order chi connectivity index (χ1) is 13.5. The zero-order valence-electron chi connectivity index (χ0n) is 17.7. The molecule has 0 amide bonds. The van der Waals surface area contributed by atoms with Crippen molar-refractivity contribution >= 4 is 0 Å². The summed E-state index contributed by atoms with van der Waals surface area (Å²) in [6.45, 7) is 10.4. The minimum absolute atomic E-state index is 0.0422. The van der Waals surface area contributed by atoms with Crippen LogP contribution in [0.4, 0.5) is 4.39 Å². The van der Waals surface area contributed by atoms with Gasteiger partial charge in [-0.1, -0.05) is 69.3 Å². The Balaban J connectivity index is 2.16. The number of halogens is 1. The van der Waals surface area contributed by atoms with Gasteiger partial charge in [-0.3, -0.25) is 4.90 Å². The number of hydrogen-bond acceptors (Lipinski definition) is 2. The van der Waals surface area contributed by atoms with Gasteiger partial charge in [0.15, 0.2) is 0 Å². The molecule has 0 spiro atoms. The largest absolute Gasteiger partial charge is 0.297 e. The van der Waals surface area contributed by atoms with Crippen molar-refractivity contribution in [1.29, 1.82) is 5.26 Å². The van der Waals surface area contributed by atoms with E-state index in [0.717, 1.165) is 25.9 Å². The van der Waals surface area contributed by atoms with E-state index in [1.54, 1.807) is 12.1 Å². The lowest BCUT2D eigenvalue weighted by Gasteiger charge is -2.34. The molecule has 2 atom stereocenters. The Bertz CT molecular complexity index is 766. The van der Waals surface area contributed by atoms with Gasteiger partial charge in [-0.2, -0.15) is 5.26 Å². The summed E-state index contributed by atoms with van der Waals surface area (Å²) in [5.41, 5.74) is 1.05. The van der Waals surface area contributed by atoms with Crippen LogP contribution in [-0.4, -0.2) is 18.0 Å². The fourth-order valence-corrected chi connectivity index (χ4v) is 4.09. The molecule has 2 nitrogen and oxygen atoms in total. The molecule has 0 fully saturated rings. The van der Waals surface area contributed by atoms with Crippen molar-refractivity contribution in [3.05, 3.63) is 71.5 Å². The fourth-order valence-electron chi connectivity index (χ4n) is 4.09. The highest BCUT2D eigenvalue weighted by Gasteiger charge is 2.37. The second-order valence-electron chi connectivity index (χ2n) is 7.94. The van der Waals surface area contributed by atoms with Gasteiger partial charge in [0.05, 0.1) is 11.5 Å². The lowest BCUT2D eigenvalue weighted by molar-refractivity contribution is 0.197. The van der Waals surface area contributed by atoms with Crippen LogP contribution in [0.15, 0.2) is 54.6 Å². The summed E-state index contributed by atoms with van der Waals surface area (Å²) in [5.74, 6) is -0.235. The maximum atomic E-state index is 14.5. The number of rotatable bonds is 10. The highest BCUT2D eigenvalue weighted by atomic mass is 19.1. The third-order valence-electron chi connectivity index (χ3n) is 5.90. The van der Waals surface area contributed by atoms with E-state index in [0.29, 0.717) is 18.0 Å². The highest BCUT2D eigenvalue weighted by Crippen LogP contribution is 2.38. The third-order valence-corrected chi connectivity index (χ3v) is 5.90. The lowest BCUT2D eigenvalue weighted by atomic mass is 9.69. The maximum Gasteiger partial charge on any atom is 0.128 e. The van der Waals surface area contributed by atoms with Gasteiger partial charge in [0.2, 0.25) is 0 Å². The Morgan fingerprint density at radius 1 is 1.00 bits per heavy atom. The van der Waals surface area contributed by atoms with Crippen LogP contribution in [0.5, 0.6) is 0 Å². The molecule has 0 aromatic heterocycles. The summed E-state index contributed by atoms with van der Waals surface area (Å²) >= 11 is 0. The Kier molecular flexibility index (Phi) is 8.20. The van der Waals surface area contributed by atoms with E-state index in [1.807, 2.05) is 26.0 Å². The van der Waals surface area contributed by atoms with Gasteiger partial charge < -0.3 is 0 Å². The molecule has 0 radical (unpaired) electrons. The summed E-state index contributed by atoms with van der Waals surface area (Å²) in [6, 6.07) is 20.1. The van der Waals surface area contributed by atoms with Crippen LogP contribution in [0.1, 0.15) is 64.1 Å². The van der Waals surface area contributed by atoms with Crippen molar-refractivity contribution < 1.29 is 4.39 Å². The van der Waals surface area contributed by atoms with Crippen LogP contribution in [0.2, 0.25) is 0 Å². The van der Waals surface area contributed by atoms with Crippen molar-refractivity contribution in [2.45, 2.75) is 58.4 Å². The number of hydrogen-bond donors (Lipinski definition) is 0. The summed E-state index contributed by atoms with van der Waals surface area (Å²) < 4.78 is 14.5. The monoisotopic (exact) mass is 380 g/mol. The second kappa shape index (κ2) is 10.4. The van der Waals surface area contributed by atoms with E-state index in [9.17, 15) is 9.65 Å². The molecule has 0 heterocycles. The van der Waals surface area contributed by atoms with Crippen LogP contribution in [-0.2, 0) is 5.41 Å². The third kappa shape index (κ3) is 5.00. The first-order valence-electron chi connectivity index (χ1n) is 10.4. The molecular formula is C25H33FN2. The van der Waals surface area contributed by atoms with Crippen molar-refractivity contribution in [3.63, 3.8) is 0 Å². The van der Waals surface area contributed by atoms with Gasteiger partial charge in [0.25, 0.3) is 0 Å². The van der Waals surface area contributed by atoms with Gasteiger partial charge in [-0.05, 0) is 56.8 Å². The van der Waals surface area contributed by atoms with Crippen LogP contribution in [0.3, 0.4) is 0 Å². The van der Waals surface area contributed by atoms with Crippen molar-refractivity contribution in [3.8, 4) is 6.07 Å². The van der Waals surface area contributed by atoms with E-state index in [4.69, 9.17) is 0 Å². The molecule has 150 valence electrons. The first-order valence-corrected chi connectivity index (χ1v) is 10.4. The van der Waals surface area contributed by atoms with Gasteiger partial charge >= 0.3 is 0 Å². The zero-order chi connectivity index (χ0) is 20.6. The van der Waals surface area contributed by atoms with Crippen LogP contribution >= 0.6 is 0 Å². The molecule has 0 saturated heterocycles. The molecular weight excluding hydrogens is 347 g/mol. The average molecular weight is 381 g/mol. The normalized spacial score (nSPS) is 14.6.